The van der Waals surface area contributed by atoms with Crippen molar-refractivity contribution in [2.45, 2.75) is 43.1 Å². The highest BCUT2D eigenvalue weighted by Crippen LogP contribution is 2.27. The highest BCUT2D eigenvalue weighted by molar-refractivity contribution is 7.99. The summed E-state index contributed by atoms with van der Waals surface area (Å²) >= 11 is 7.66. The SMILES string of the molecule is CCN(CC)S(=O)(=O)c1ccc(Cl)c(NC(=O)C(C)OC(=O)CCSc2ccccc2)c1. The highest BCUT2D eigenvalue weighted by atomic mass is 35.5. The Kier molecular flexibility index (Phi) is 10.0. The van der Waals surface area contributed by atoms with Crippen LogP contribution in [0.3, 0.4) is 0 Å². The fourth-order valence-corrected chi connectivity index (χ4v) is 5.29. The molecule has 2 aromatic carbocycles. The minimum Gasteiger partial charge on any atom is -0.453 e. The molecule has 0 radical (unpaired) electrons. The summed E-state index contributed by atoms with van der Waals surface area (Å²) in [5.41, 5.74) is 0.132. The second-order valence-corrected chi connectivity index (χ2v) is 10.3. The van der Waals surface area contributed by atoms with Crippen LogP contribution in [0.15, 0.2) is 58.3 Å². The van der Waals surface area contributed by atoms with Crippen LogP contribution in [0.25, 0.3) is 0 Å². The first-order chi connectivity index (χ1) is 15.2. The first kappa shape index (κ1) is 26.2. The van der Waals surface area contributed by atoms with Crippen molar-refractivity contribution in [3.05, 3.63) is 53.6 Å². The number of nitrogens with zero attached hydrogens (tertiary/aromatic N) is 1. The molecule has 7 nitrogen and oxygen atoms in total. The van der Waals surface area contributed by atoms with Crippen molar-refractivity contribution in [3.8, 4) is 0 Å². The van der Waals surface area contributed by atoms with E-state index in [4.69, 9.17) is 16.3 Å². The van der Waals surface area contributed by atoms with Gasteiger partial charge in [0.25, 0.3) is 5.91 Å². The number of hydrogen-bond donors (Lipinski definition) is 1. The molecule has 0 saturated heterocycles. The van der Waals surface area contributed by atoms with E-state index < -0.39 is 28.0 Å². The average Bonchev–Trinajstić information content (AvgIpc) is 2.76. The number of sulfonamides is 1. The quantitative estimate of drug-likeness (QED) is 0.364. The lowest BCUT2D eigenvalue weighted by atomic mass is 10.3. The summed E-state index contributed by atoms with van der Waals surface area (Å²) in [6, 6.07) is 13.7. The molecule has 32 heavy (non-hydrogen) atoms. The Morgan fingerprint density at radius 1 is 1.12 bits per heavy atom. The third kappa shape index (κ3) is 7.23. The number of nitrogens with one attached hydrogen (secondary N) is 1. The fraction of sp³-hybridized carbons (Fsp3) is 0.364. The van der Waals surface area contributed by atoms with Crippen molar-refractivity contribution in [2.75, 3.05) is 24.2 Å². The van der Waals surface area contributed by atoms with Crippen LogP contribution >= 0.6 is 23.4 Å². The maximum absolute atomic E-state index is 12.7. The van der Waals surface area contributed by atoms with E-state index in [2.05, 4.69) is 5.32 Å². The number of carbonyl (C=O) groups is 2. The van der Waals surface area contributed by atoms with Gasteiger partial charge in [-0.15, -0.1) is 11.8 Å². The van der Waals surface area contributed by atoms with Crippen LogP contribution in [0, 0.1) is 0 Å². The topological polar surface area (TPSA) is 92.8 Å². The molecule has 0 aliphatic rings. The second kappa shape index (κ2) is 12.2. The molecule has 174 valence electrons. The Balaban J connectivity index is 1.96. The van der Waals surface area contributed by atoms with Gasteiger partial charge in [0.2, 0.25) is 10.0 Å². The lowest BCUT2D eigenvalue weighted by molar-refractivity contribution is -0.152. The van der Waals surface area contributed by atoms with Crippen LogP contribution in [-0.2, 0) is 24.3 Å². The van der Waals surface area contributed by atoms with Crippen LogP contribution in [0.4, 0.5) is 5.69 Å². The number of thioether (sulfide) groups is 1. The van der Waals surface area contributed by atoms with E-state index in [1.165, 1.54) is 41.2 Å². The van der Waals surface area contributed by atoms with Crippen LogP contribution in [0.2, 0.25) is 5.02 Å². The van der Waals surface area contributed by atoms with Gasteiger partial charge < -0.3 is 10.1 Å². The van der Waals surface area contributed by atoms with E-state index >= 15 is 0 Å². The zero-order valence-corrected chi connectivity index (χ0v) is 20.6. The maximum Gasteiger partial charge on any atom is 0.307 e. The Labute approximate surface area is 198 Å². The van der Waals surface area contributed by atoms with Crippen molar-refractivity contribution in [1.29, 1.82) is 0 Å². The molecule has 0 aliphatic heterocycles. The molecule has 0 spiro atoms. The minimum atomic E-state index is -3.71. The van der Waals surface area contributed by atoms with Crippen LogP contribution in [0.1, 0.15) is 27.2 Å². The molecule has 0 heterocycles. The lowest BCUT2D eigenvalue weighted by Gasteiger charge is -2.19. The molecule has 0 fully saturated rings. The van der Waals surface area contributed by atoms with Gasteiger partial charge in [-0.2, -0.15) is 4.31 Å². The van der Waals surface area contributed by atoms with Crippen molar-refractivity contribution >= 4 is 50.9 Å². The predicted molar refractivity (Wildman–Crippen MR) is 128 cm³/mol. The summed E-state index contributed by atoms with van der Waals surface area (Å²) in [5, 5.41) is 2.72. The Morgan fingerprint density at radius 3 is 2.41 bits per heavy atom. The molecule has 1 N–H and O–H groups in total. The van der Waals surface area contributed by atoms with Gasteiger partial charge in [-0.05, 0) is 37.3 Å². The van der Waals surface area contributed by atoms with Gasteiger partial charge in [0, 0.05) is 23.7 Å². The van der Waals surface area contributed by atoms with Crippen LogP contribution < -0.4 is 5.32 Å². The molecular formula is C22H27ClN2O5S2. The van der Waals surface area contributed by atoms with E-state index in [1.807, 2.05) is 30.3 Å². The van der Waals surface area contributed by atoms with E-state index in [-0.39, 0.29) is 22.0 Å². The molecule has 0 bridgehead atoms. The number of ether oxygens (including phenoxy) is 1. The first-order valence-corrected chi connectivity index (χ1v) is 13.0. The Morgan fingerprint density at radius 2 is 1.78 bits per heavy atom. The number of rotatable bonds is 11. The molecule has 0 saturated carbocycles. The standard InChI is InChI=1S/C22H27ClN2O5S2/c1-4-25(5-2)32(28,29)18-11-12-19(23)20(15-18)24-22(27)16(3)30-21(26)13-14-31-17-9-7-6-8-10-17/h6-12,15-16H,4-5,13-14H2,1-3H3,(H,24,27). The van der Waals surface area contributed by atoms with Crippen molar-refractivity contribution in [1.82, 2.24) is 4.31 Å². The van der Waals surface area contributed by atoms with Gasteiger partial charge in [0.1, 0.15) is 0 Å². The molecule has 0 aliphatic carbocycles. The number of amides is 1. The number of benzene rings is 2. The summed E-state index contributed by atoms with van der Waals surface area (Å²) in [4.78, 5) is 25.6. The Bertz CT molecular complexity index is 1030. The zero-order chi connectivity index (χ0) is 23.7. The van der Waals surface area contributed by atoms with Gasteiger partial charge in [0.05, 0.1) is 22.0 Å². The molecular weight excluding hydrogens is 472 g/mol. The summed E-state index contributed by atoms with van der Waals surface area (Å²) in [5.74, 6) is -0.581. The molecule has 2 aromatic rings. The van der Waals surface area contributed by atoms with Crippen LogP contribution in [0.5, 0.6) is 0 Å². The molecule has 10 heteroatoms. The van der Waals surface area contributed by atoms with Gasteiger partial charge in [-0.25, -0.2) is 8.42 Å². The second-order valence-electron chi connectivity index (χ2n) is 6.76. The summed E-state index contributed by atoms with van der Waals surface area (Å²) < 4.78 is 32.0. The Hall–Kier alpha value is -2.07. The van der Waals surface area contributed by atoms with E-state index in [0.717, 1.165) is 4.90 Å². The highest BCUT2D eigenvalue weighted by Gasteiger charge is 2.24. The van der Waals surface area contributed by atoms with Gasteiger partial charge in [-0.1, -0.05) is 43.6 Å². The zero-order valence-electron chi connectivity index (χ0n) is 18.2. The molecule has 2 rings (SSSR count). The largest absolute Gasteiger partial charge is 0.453 e. The number of halogens is 1. The van der Waals surface area contributed by atoms with E-state index in [1.54, 1.807) is 13.8 Å². The van der Waals surface area contributed by atoms with Gasteiger partial charge in [-0.3, -0.25) is 9.59 Å². The minimum absolute atomic E-state index is 0.0171. The third-order valence-electron chi connectivity index (χ3n) is 4.53. The maximum atomic E-state index is 12.7. The van der Waals surface area contributed by atoms with E-state index in [0.29, 0.717) is 18.8 Å². The van der Waals surface area contributed by atoms with Gasteiger partial charge >= 0.3 is 5.97 Å². The van der Waals surface area contributed by atoms with Crippen molar-refractivity contribution in [2.24, 2.45) is 0 Å². The van der Waals surface area contributed by atoms with Crippen molar-refractivity contribution in [3.63, 3.8) is 0 Å². The van der Waals surface area contributed by atoms with Crippen molar-refractivity contribution < 1.29 is 22.7 Å². The monoisotopic (exact) mass is 498 g/mol. The lowest BCUT2D eigenvalue weighted by Crippen LogP contribution is -2.31. The molecule has 1 amide bonds. The van der Waals surface area contributed by atoms with Gasteiger partial charge in [0.15, 0.2) is 6.10 Å². The third-order valence-corrected chi connectivity index (χ3v) is 7.92. The summed E-state index contributed by atoms with van der Waals surface area (Å²) in [6.07, 6.45) is -0.918. The first-order valence-electron chi connectivity index (χ1n) is 10.2. The number of hydrogen-bond acceptors (Lipinski definition) is 6. The summed E-state index contributed by atoms with van der Waals surface area (Å²) in [7, 11) is -3.71. The fourth-order valence-electron chi connectivity index (χ4n) is 2.79. The normalized spacial score (nSPS) is 12.4. The number of carbonyl (C=O) groups excluding carboxylic acids is 2. The number of esters is 1. The van der Waals surface area contributed by atoms with E-state index in [9.17, 15) is 18.0 Å². The smallest absolute Gasteiger partial charge is 0.307 e. The molecule has 1 unspecified atom stereocenters. The molecule has 0 aromatic heterocycles. The number of anilines is 1. The summed E-state index contributed by atoms with van der Waals surface area (Å²) in [6.45, 7) is 5.57. The van der Waals surface area contributed by atoms with Crippen LogP contribution in [-0.4, -0.2) is 49.5 Å². The molecule has 1 atom stereocenters. The predicted octanol–water partition coefficient (Wildman–Crippen LogP) is 4.42. The average molecular weight is 499 g/mol.